The highest BCUT2D eigenvalue weighted by atomic mass is 19.4. The van der Waals surface area contributed by atoms with Crippen LogP contribution in [0.3, 0.4) is 0 Å². The van der Waals surface area contributed by atoms with Gasteiger partial charge in [0, 0.05) is 6.20 Å². The quantitative estimate of drug-likeness (QED) is 0.366. The Morgan fingerprint density at radius 1 is 1.03 bits per heavy atom. The third kappa shape index (κ3) is 5.68. The number of hydrogen-bond acceptors (Lipinski definition) is 5. The number of alkyl halides is 3. The molecule has 11 heteroatoms. The van der Waals surface area contributed by atoms with E-state index in [4.69, 9.17) is 9.47 Å². The normalized spacial score (nSPS) is 11.4. The molecule has 0 saturated carbocycles. The second-order valence-corrected chi connectivity index (χ2v) is 8.05. The monoisotopic (exact) mass is 499 g/mol. The van der Waals surface area contributed by atoms with E-state index < -0.39 is 17.6 Å². The van der Waals surface area contributed by atoms with E-state index in [1.807, 2.05) is 0 Å². The van der Waals surface area contributed by atoms with Crippen LogP contribution in [0.4, 0.5) is 18.9 Å². The molecule has 1 N–H and O–H groups in total. The number of methoxy groups -OCH3 is 1. The van der Waals surface area contributed by atoms with E-state index in [0.717, 1.165) is 12.1 Å². The first-order valence-electron chi connectivity index (χ1n) is 11.0. The number of rotatable bonds is 8. The molecule has 0 aliphatic carbocycles. The first-order chi connectivity index (χ1) is 17.1. The largest absolute Gasteiger partial charge is 0.497 e. The molecule has 0 aliphatic rings. The van der Waals surface area contributed by atoms with Gasteiger partial charge in [-0.15, -0.1) is 0 Å². The van der Waals surface area contributed by atoms with Gasteiger partial charge in [-0.3, -0.25) is 9.48 Å². The maximum atomic E-state index is 13.0. The predicted molar refractivity (Wildman–Crippen MR) is 126 cm³/mol. The molecule has 36 heavy (non-hydrogen) atoms. The first-order valence-corrected chi connectivity index (χ1v) is 11.0. The summed E-state index contributed by atoms with van der Waals surface area (Å²) in [5.41, 5.74) is 1.54. The summed E-state index contributed by atoms with van der Waals surface area (Å²) < 4.78 is 52.9. The molecule has 1 amide bonds. The number of benzene rings is 2. The fourth-order valence-corrected chi connectivity index (χ4v) is 3.60. The highest BCUT2D eigenvalue weighted by molar-refractivity contribution is 6.03. The fraction of sp³-hybridized carbons (Fsp3) is 0.240. The van der Waals surface area contributed by atoms with Gasteiger partial charge in [-0.2, -0.15) is 23.4 Å². The van der Waals surface area contributed by atoms with Gasteiger partial charge >= 0.3 is 6.18 Å². The third-order valence-corrected chi connectivity index (χ3v) is 5.50. The zero-order chi connectivity index (χ0) is 25.9. The minimum Gasteiger partial charge on any atom is -0.497 e. The van der Waals surface area contributed by atoms with E-state index >= 15 is 0 Å². The Labute approximate surface area is 205 Å². The Kier molecular flexibility index (Phi) is 7.00. The van der Waals surface area contributed by atoms with Crippen LogP contribution in [0.5, 0.6) is 11.5 Å². The average Bonchev–Trinajstić information content (AvgIpc) is 3.43. The van der Waals surface area contributed by atoms with E-state index in [1.165, 1.54) is 10.7 Å². The summed E-state index contributed by atoms with van der Waals surface area (Å²) >= 11 is 0. The summed E-state index contributed by atoms with van der Waals surface area (Å²) in [6, 6.07) is 13.7. The van der Waals surface area contributed by atoms with Gasteiger partial charge in [0.05, 0.1) is 36.3 Å². The number of carbonyl (C=O) groups excluding carboxylic acids is 1. The van der Waals surface area contributed by atoms with Crippen molar-refractivity contribution in [2.75, 3.05) is 12.4 Å². The molecule has 0 bridgehead atoms. The van der Waals surface area contributed by atoms with Crippen molar-refractivity contribution in [1.82, 2.24) is 19.6 Å². The Morgan fingerprint density at radius 3 is 2.44 bits per heavy atom. The summed E-state index contributed by atoms with van der Waals surface area (Å²) in [4.78, 5) is 12.8. The van der Waals surface area contributed by atoms with Gasteiger partial charge in [0.25, 0.3) is 5.91 Å². The van der Waals surface area contributed by atoms with Crippen molar-refractivity contribution in [3.05, 3.63) is 89.0 Å². The minimum absolute atomic E-state index is 0.104. The van der Waals surface area contributed by atoms with Crippen LogP contribution >= 0.6 is 0 Å². The van der Waals surface area contributed by atoms with Crippen LogP contribution in [0, 0.1) is 13.8 Å². The van der Waals surface area contributed by atoms with Crippen molar-refractivity contribution in [2.24, 2.45) is 0 Å². The molecule has 8 nitrogen and oxygen atoms in total. The van der Waals surface area contributed by atoms with Crippen LogP contribution in [0.1, 0.15) is 33.0 Å². The van der Waals surface area contributed by atoms with Crippen LogP contribution in [-0.2, 0) is 19.5 Å². The molecule has 2 heterocycles. The van der Waals surface area contributed by atoms with Crippen molar-refractivity contribution >= 4 is 11.6 Å². The topological polar surface area (TPSA) is 83.2 Å². The van der Waals surface area contributed by atoms with Crippen molar-refractivity contribution in [2.45, 2.75) is 33.3 Å². The molecule has 4 aromatic rings. The fourth-order valence-electron chi connectivity index (χ4n) is 3.60. The summed E-state index contributed by atoms with van der Waals surface area (Å²) in [5, 5.41) is 11.4. The molecular formula is C25H24F3N5O3. The molecule has 188 valence electrons. The molecule has 0 radical (unpaired) electrons. The van der Waals surface area contributed by atoms with E-state index in [0.29, 0.717) is 34.1 Å². The molecule has 0 aliphatic heterocycles. The number of anilines is 1. The molecule has 0 unspecified atom stereocenters. The lowest BCUT2D eigenvalue weighted by atomic mass is 10.1. The summed E-state index contributed by atoms with van der Waals surface area (Å²) in [7, 11) is 1.58. The van der Waals surface area contributed by atoms with Crippen molar-refractivity contribution in [3.8, 4) is 11.5 Å². The Hall–Kier alpha value is -4.28. The lowest BCUT2D eigenvalue weighted by molar-refractivity contribution is -0.137. The van der Waals surface area contributed by atoms with Gasteiger partial charge in [0.15, 0.2) is 12.4 Å². The standard InChI is InChI=1S/C25H24F3N5O3/c1-16-23(17(2)33(30-16)14-18-5-4-6-19(13-18)25(26,27)28)29-24(34)22-11-12-32(31-22)15-36-21-9-7-20(35-3)8-10-21/h4-13H,14-15H2,1-3H3,(H,29,34). The second-order valence-electron chi connectivity index (χ2n) is 8.05. The van der Waals surface area contributed by atoms with Crippen LogP contribution in [0.2, 0.25) is 0 Å². The molecule has 2 aromatic carbocycles. The van der Waals surface area contributed by atoms with Crippen LogP contribution < -0.4 is 14.8 Å². The molecule has 0 spiro atoms. The van der Waals surface area contributed by atoms with E-state index in [2.05, 4.69) is 15.5 Å². The number of nitrogens with zero attached hydrogens (tertiary/aromatic N) is 4. The molecular weight excluding hydrogens is 475 g/mol. The Balaban J connectivity index is 1.41. The van der Waals surface area contributed by atoms with E-state index in [1.54, 1.807) is 68.2 Å². The van der Waals surface area contributed by atoms with Gasteiger partial charge in [-0.1, -0.05) is 12.1 Å². The molecule has 4 rings (SSSR count). The number of ether oxygens (including phenoxy) is 2. The highest BCUT2D eigenvalue weighted by Crippen LogP contribution is 2.30. The number of amides is 1. The maximum absolute atomic E-state index is 13.0. The predicted octanol–water partition coefficient (Wildman–Crippen LogP) is 5.06. The summed E-state index contributed by atoms with van der Waals surface area (Å²) in [6.45, 7) is 3.69. The van der Waals surface area contributed by atoms with E-state index in [-0.39, 0.29) is 19.0 Å². The summed E-state index contributed by atoms with van der Waals surface area (Å²) in [5.74, 6) is 0.892. The van der Waals surface area contributed by atoms with Gasteiger partial charge in [0.1, 0.15) is 11.5 Å². The molecule has 2 aromatic heterocycles. The second kappa shape index (κ2) is 10.1. The van der Waals surface area contributed by atoms with Gasteiger partial charge in [-0.25, -0.2) is 4.68 Å². The zero-order valence-corrected chi connectivity index (χ0v) is 19.8. The van der Waals surface area contributed by atoms with Gasteiger partial charge < -0.3 is 14.8 Å². The third-order valence-electron chi connectivity index (χ3n) is 5.50. The number of aromatic nitrogens is 4. The minimum atomic E-state index is -4.42. The summed E-state index contributed by atoms with van der Waals surface area (Å²) in [6.07, 6.45) is -2.80. The van der Waals surface area contributed by atoms with Crippen molar-refractivity contribution < 1.29 is 27.4 Å². The number of nitrogens with one attached hydrogen (secondary N) is 1. The zero-order valence-electron chi connectivity index (χ0n) is 19.8. The smallest absolute Gasteiger partial charge is 0.416 e. The lowest BCUT2D eigenvalue weighted by Crippen LogP contribution is -2.15. The molecule has 0 fully saturated rings. The first kappa shape index (κ1) is 24.8. The maximum Gasteiger partial charge on any atom is 0.416 e. The highest BCUT2D eigenvalue weighted by Gasteiger charge is 2.30. The number of hydrogen-bond donors (Lipinski definition) is 1. The Bertz CT molecular complexity index is 1360. The van der Waals surface area contributed by atoms with Crippen molar-refractivity contribution in [1.29, 1.82) is 0 Å². The van der Waals surface area contributed by atoms with Gasteiger partial charge in [-0.05, 0) is 61.9 Å². The van der Waals surface area contributed by atoms with Crippen LogP contribution in [0.15, 0.2) is 60.8 Å². The number of halogens is 3. The Morgan fingerprint density at radius 2 is 1.75 bits per heavy atom. The van der Waals surface area contributed by atoms with Crippen molar-refractivity contribution in [3.63, 3.8) is 0 Å². The van der Waals surface area contributed by atoms with Gasteiger partial charge in [0.2, 0.25) is 0 Å². The number of carbonyl (C=O) groups is 1. The van der Waals surface area contributed by atoms with Crippen LogP contribution in [-0.4, -0.2) is 32.6 Å². The SMILES string of the molecule is COc1ccc(OCn2ccc(C(=O)Nc3c(C)nn(Cc4cccc(C(F)(F)F)c4)c3C)n2)cc1. The lowest BCUT2D eigenvalue weighted by Gasteiger charge is -2.10. The molecule has 0 saturated heterocycles. The molecule has 0 atom stereocenters. The number of aryl methyl sites for hydroxylation is 1. The van der Waals surface area contributed by atoms with E-state index in [9.17, 15) is 18.0 Å². The van der Waals surface area contributed by atoms with Crippen LogP contribution in [0.25, 0.3) is 0 Å². The average molecular weight is 499 g/mol.